The van der Waals surface area contributed by atoms with E-state index in [4.69, 9.17) is 10.00 Å². The monoisotopic (exact) mass is 348 g/mol. The lowest BCUT2D eigenvalue weighted by molar-refractivity contribution is 0.0966. The average molecular weight is 348 g/mol. The van der Waals surface area contributed by atoms with Crippen LogP contribution >= 0.6 is 0 Å². The van der Waals surface area contributed by atoms with Crippen LogP contribution in [0.2, 0.25) is 0 Å². The number of carbonyl (C=O) groups is 1. The van der Waals surface area contributed by atoms with E-state index >= 15 is 0 Å². The fourth-order valence-corrected chi connectivity index (χ4v) is 3.43. The highest BCUT2D eigenvalue weighted by atomic mass is 16.5. The second-order valence-corrected chi connectivity index (χ2v) is 6.93. The summed E-state index contributed by atoms with van der Waals surface area (Å²) in [6.45, 7) is 6.44. The number of carbonyl (C=O) groups excluding carboxylic acids is 1. The third-order valence-electron chi connectivity index (χ3n) is 4.90. The molecule has 2 aromatic rings. The lowest BCUT2D eigenvalue weighted by atomic mass is 10.0. The van der Waals surface area contributed by atoms with E-state index in [9.17, 15) is 4.79 Å². The van der Waals surface area contributed by atoms with Crippen LogP contribution in [0.5, 0.6) is 5.75 Å². The summed E-state index contributed by atoms with van der Waals surface area (Å²) in [5.41, 5.74) is 3.66. The number of hydrogen-bond donors (Lipinski definition) is 0. The zero-order chi connectivity index (χ0) is 18.5. The number of hydrogen-bond acceptors (Lipinski definition) is 4. The van der Waals surface area contributed by atoms with Crippen LogP contribution < -0.4 is 4.74 Å². The molecule has 1 heterocycles. The highest BCUT2D eigenvalue weighted by Gasteiger charge is 2.21. The highest BCUT2D eigenvalue weighted by Crippen LogP contribution is 2.23. The van der Waals surface area contributed by atoms with Crippen LogP contribution in [-0.2, 0) is 6.54 Å². The molecule has 1 aliphatic heterocycles. The average Bonchev–Trinajstić information content (AvgIpc) is 2.64. The van der Waals surface area contributed by atoms with Crippen LogP contribution in [-0.4, -0.2) is 29.9 Å². The minimum Gasteiger partial charge on any atom is -0.490 e. The number of Topliss-reactive ketones (excluding diaryl/α,β-unsaturated/α-hetero) is 1. The third-order valence-corrected chi connectivity index (χ3v) is 4.90. The molecule has 0 radical (unpaired) electrons. The van der Waals surface area contributed by atoms with Crippen molar-refractivity contribution in [1.82, 2.24) is 4.90 Å². The number of likely N-dealkylation sites (tertiary alicyclic amines) is 1. The first-order chi connectivity index (χ1) is 12.5. The highest BCUT2D eigenvalue weighted by molar-refractivity contribution is 5.95. The molecule has 0 bridgehead atoms. The Morgan fingerprint density at radius 2 is 1.88 bits per heavy atom. The first kappa shape index (κ1) is 18.2. The first-order valence-electron chi connectivity index (χ1n) is 9.05. The van der Waals surface area contributed by atoms with Gasteiger partial charge in [0.15, 0.2) is 5.78 Å². The Bertz CT molecular complexity index is 813. The molecule has 0 aromatic heterocycles. The Labute approximate surface area is 155 Å². The number of ether oxygens (including phenoxy) is 1. The van der Waals surface area contributed by atoms with Crippen molar-refractivity contribution in [1.29, 1.82) is 5.26 Å². The second-order valence-electron chi connectivity index (χ2n) is 6.93. The van der Waals surface area contributed by atoms with Crippen molar-refractivity contribution in [3.63, 3.8) is 0 Å². The molecule has 0 saturated carbocycles. The minimum absolute atomic E-state index is 0.0881. The largest absolute Gasteiger partial charge is 0.490 e. The number of aryl methyl sites for hydroxylation is 1. The van der Waals surface area contributed by atoms with E-state index in [0.717, 1.165) is 49.4 Å². The van der Waals surface area contributed by atoms with Crippen molar-refractivity contribution in [3.8, 4) is 11.8 Å². The summed E-state index contributed by atoms with van der Waals surface area (Å²) in [7, 11) is 0. The second kappa shape index (κ2) is 8.16. The molecule has 134 valence electrons. The van der Waals surface area contributed by atoms with Crippen LogP contribution in [0.25, 0.3) is 0 Å². The molecule has 2 aromatic carbocycles. The summed E-state index contributed by atoms with van der Waals surface area (Å²) in [4.78, 5) is 13.9. The van der Waals surface area contributed by atoms with Crippen LogP contribution in [0.15, 0.2) is 42.5 Å². The van der Waals surface area contributed by atoms with Crippen LogP contribution in [0.3, 0.4) is 0 Å². The third kappa shape index (κ3) is 4.50. The maximum absolute atomic E-state index is 11.5. The van der Waals surface area contributed by atoms with Gasteiger partial charge in [0.05, 0.1) is 11.6 Å². The summed E-state index contributed by atoms with van der Waals surface area (Å²) >= 11 is 0. The number of benzene rings is 2. The standard InChI is InChI=1S/C22H24N2O2/c1-16-13-21(7-8-22(16)17(2)25)26-20-9-11-24(12-10-20)15-19-5-3-18(14-23)4-6-19/h3-8,13,20H,9-12,15H2,1-2H3. The van der Waals surface area contributed by atoms with Gasteiger partial charge in [-0.05, 0) is 68.1 Å². The van der Waals surface area contributed by atoms with Gasteiger partial charge in [0.1, 0.15) is 11.9 Å². The van der Waals surface area contributed by atoms with E-state index in [1.54, 1.807) is 6.92 Å². The topological polar surface area (TPSA) is 53.3 Å². The van der Waals surface area contributed by atoms with Gasteiger partial charge in [-0.25, -0.2) is 0 Å². The number of ketones is 1. The lowest BCUT2D eigenvalue weighted by Crippen LogP contribution is -2.37. The molecule has 1 aliphatic rings. The summed E-state index contributed by atoms with van der Waals surface area (Å²) in [6.07, 6.45) is 2.20. The molecule has 26 heavy (non-hydrogen) atoms. The summed E-state index contributed by atoms with van der Waals surface area (Å²) in [6, 6.07) is 15.7. The van der Waals surface area contributed by atoms with Crippen LogP contribution in [0.4, 0.5) is 0 Å². The molecule has 0 unspecified atom stereocenters. The summed E-state index contributed by atoms with van der Waals surface area (Å²) < 4.78 is 6.13. The van der Waals surface area contributed by atoms with E-state index in [0.29, 0.717) is 5.56 Å². The lowest BCUT2D eigenvalue weighted by Gasteiger charge is -2.32. The van der Waals surface area contributed by atoms with Crippen molar-refractivity contribution in [2.75, 3.05) is 13.1 Å². The molecular weight excluding hydrogens is 324 g/mol. The maximum atomic E-state index is 11.5. The molecule has 1 saturated heterocycles. The fourth-order valence-electron chi connectivity index (χ4n) is 3.43. The first-order valence-corrected chi connectivity index (χ1v) is 9.05. The normalized spacial score (nSPS) is 15.4. The number of nitrogens with zero attached hydrogens (tertiary/aromatic N) is 2. The Hall–Kier alpha value is -2.64. The van der Waals surface area contributed by atoms with Gasteiger partial charge >= 0.3 is 0 Å². The van der Waals surface area contributed by atoms with Gasteiger partial charge in [-0.1, -0.05) is 12.1 Å². The molecule has 4 heteroatoms. The Morgan fingerprint density at radius 1 is 1.19 bits per heavy atom. The Morgan fingerprint density at radius 3 is 2.46 bits per heavy atom. The summed E-state index contributed by atoms with van der Waals surface area (Å²) in [5, 5.41) is 8.87. The van der Waals surface area contributed by atoms with Crippen molar-refractivity contribution in [2.45, 2.75) is 39.3 Å². The molecule has 0 spiro atoms. The predicted molar refractivity (Wildman–Crippen MR) is 101 cm³/mol. The molecule has 1 fully saturated rings. The molecule has 0 N–H and O–H groups in total. The molecular formula is C22H24N2O2. The number of piperidine rings is 1. The van der Waals surface area contributed by atoms with Crippen molar-refractivity contribution >= 4 is 5.78 Å². The van der Waals surface area contributed by atoms with Gasteiger partial charge in [-0.3, -0.25) is 9.69 Å². The van der Waals surface area contributed by atoms with Crippen LogP contribution in [0.1, 0.15) is 46.8 Å². The van der Waals surface area contributed by atoms with Gasteiger partial charge in [0, 0.05) is 25.2 Å². The predicted octanol–water partition coefficient (Wildman–Crippen LogP) is 4.11. The van der Waals surface area contributed by atoms with Gasteiger partial charge in [0.25, 0.3) is 0 Å². The molecule has 4 nitrogen and oxygen atoms in total. The van der Waals surface area contributed by atoms with E-state index in [-0.39, 0.29) is 11.9 Å². The molecule has 0 atom stereocenters. The van der Waals surface area contributed by atoms with Gasteiger partial charge < -0.3 is 4.74 Å². The number of nitriles is 1. The fraction of sp³-hybridized carbons (Fsp3) is 0.364. The SMILES string of the molecule is CC(=O)c1ccc(OC2CCN(Cc3ccc(C#N)cc3)CC2)cc1C. The van der Waals surface area contributed by atoms with Crippen molar-refractivity contribution in [3.05, 3.63) is 64.7 Å². The smallest absolute Gasteiger partial charge is 0.160 e. The van der Waals surface area contributed by atoms with Gasteiger partial charge in [-0.15, -0.1) is 0 Å². The van der Waals surface area contributed by atoms with E-state index in [1.165, 1.54) is 5.56 Å². The number of rotatable bonds is 5. The van der Waals surface area contributed by atoms with Gasteiger partial charge in [0.2, 0.25) is 0 Å². The van der Waals surface area contributed by atoms with Crippen molar-refractivity contribution < 1.29 is 9.53 Å². The van der Waals surface area contributed by atoms with E-state index in [2.05, 4.69) is 11.0 Å². The quantitative estimate of drug-likeness (QED) is 0.763. The van der Waals surface area contributed by atoms with Crippen LogP contribution in [0, 0.1) is 18.3 Å². The Kier molecular flexibility index (Phi) is 5.70. The zero-order valence-corrected chi connectivity index (χ0v) is 15.4. The molecule has 3 rings (SSSR count). The van der Waals surface area contributed by atoms with Crippen molar-refractivity contribution in [2.24, 2.45) is 0 Å². The maximum Gasteiger partial charge on any atom is 0.160 e. The molecule has 0 amide bonds. The van der Waals surface area contributed by atoms with E-state index in [1.807, 2.05) is 49.4 Å². The Balaban J connectivity index is 1.51. The zero-order valence-electron chi connectivity index (χ0n) is 15.4. The van der Waals surface area contributed by atoms with Gasteiger partial charge in [-0.2, -0.15) is 5.26 Å². The minimum atomic E-state index is 0.0881. The van der Waals surface area contributed by atoms with E-state index < -0.39 is 0 Å². The molecule has 0 aliphatic carbocycles. The summed E-state index contributed by atoms with van der Waals surface area (Å²) in [5.74, 6) is 0.934.